The molecule has 0 aliphatic carbocycles. The molecule has 3 aromatic rings. The van der Waals surface area contributed by atoms with Gasteiger partial charge in [0.05, 0.1) is 11.9 Å². The lowest BCUT2D eigenvalue weighted by Crippen LogP contribution is -2.37. The highest BCUT2D eigenvalue weighted by molar-refractivity contribution is 5.55. The number of hydrogen-bond donors (Lipinski definition) is 1. The van der Waals surface area contributed by atoms with E-state index in [0.29, 0.717) is 23.9 Å². The normalized spacial score (nSPS) is 25.4. The van der Waals surface area contributed by atoms with Crippen LogP contribution in [0.2, 0.25) is 0 Å². The van der Waals surface area contributed by atoms with E-state index in [1.807, 2.05) is 48.3 Å². The van der Waals surface area contributed by atoms with E-state index in [4.69, 9.17) is 4.52 Å². The number of hydrogen-bond acceptors (Lipinski definition) is 5. The summed E-state index contributed by atoms with van der Waals surface area (Å²) in [5.74, 6) is 1.88. The first-order valence-electron chi connectivity index (χ1n) is 8.96. The molecule has 2 aliphatic rings. The van der Waals surface area contributed by atoms with Gasteiger partial charge in [0.2, 0.25) is 0 Å². The number of nitrogens with one attached hydrogen (secondary N) is 1. The van der Waals surface area contributed by atoms with Crippen molar-refractivity contribution in [2.45, 2.75) is 50.6 Å². The molecular formula is C19H21N5O. The Bertz CT molecular complexity index is 869. The van der Waals surface area contributed by atoms with E-state index in [0.717, 1.165) is 35.5 Å². The highest BCUT2D eigenvalue weighted by atomic mass is 16.5. The van der Waals surface area contributed by atoms with Crippen LogP contribution in [-0.2, 0) is 0 Å². The minimum absolute atomic E-state index is 0.419. The summed E-state index contributed by atoms with van der Waals surface area (Å²) in [6.45, 7) is 2.03. The first kappa shape index (κ1) is 14.8. The highest BCUT2D eigenvalue weighted by Crippen LogP contribution is 2.36. The summed E-state index contributed by atoms with van der Waals surface area (Å²) in [4.78, 5) is 4.68. The van der Waals surface area contributed by atoms with Gasteiger partial charge in [-0.05, 0) is 62.4 Å². The second-order valence-corrected chi connectivity index (χ2v) is 7.27. The fraction of sp³-hybridized carbons (Fsp3) is 0.421. The molecule has 2 fully saturated rings. The predicted molar refractivity (Wildman–Crippen MR) is 93.5 cm³/mol. The quantitative estimate of drug-likeness (QED) is 0.796. The minimum atomic E-state index is 0.419. The van der Waals surface area contributed by atoms with Crippen molar-refractivity contribution in [1.82, 2.24) is 25.2 Å². The molecular weight excluding hydrogens is 314 g/mol. The number of fused-ring (bicyclic) bond motifs is 2. The summed E-state index contributed by atoms with van der Waals surface area (Å²) < 4.78 is 7.40. The van der Waals surface area contributed by atoms with E-state index in [-0.39, 0.29) is 0 Å². The van der Waals surface area contributed by atoms with Crippen LogP contribution in [0.3, 0.4) is 0 Å². The van der Waals surface area contributed by atoms with Gasteiger partial charge in [0, 0.05) is 29.8 Å². The van der Waals surface area contributed by atoms with Crippen molar-refractivity contribution in [1.29, 1.82) is 0 Å². The number of aryl methyl sites for hydroxylation is 1. The Hall–Kier alpha value is -2.47. The second kappa shape index (κ2) is 5.81. The largest absolute Gasteiger partial charge is 0.334 e. The Kier molecular flexibility index (Phi) is 3.45. The van der Waals surface area contributed by atoms with Gasteiger partial charge in [0.25, 0.3) is 5.89 Å². The van der Waals surface area contributed by atoms with Crippen LogP contribution in [0.4, 0.5) is 0 Å². The van der Waals surface area contributed by atoms with Crippen molar-refractivity contribution in [3.8, 4) is 17.1 Å². The average Bonchev–Trinajstić information content (AvgIpc) is 3.36. The van der Waals surface area contributed by atoms with Crippen molar-refractivity contribution in [3.05, 3.63) is 48.0 Å². The molecule has 2 bridgehead atoms. The Balaban J connectivity index is 1.36. The van der Waals surface area contributed by atoms with Crippen LogP contribution in [0.15, 0.2) is 41.2 Å². The van der Waals surface area contributed by atoms with Gasteiger partial charge >= 0.3 is 0 Å². The molecule has 1 aromatic carbocycles. The van der Waals surface area contributed by atoms with Gasteiger partial charge < -0.3 is 9.84 Å². The number of aromatic nitrogens is 4. The SMILES string of the molecule is Cc1cnn(-c2ccc(-c3nc(C4CC5CCC(C4)N5)no3)cc2)c1. The molecule has 128 valence electrons. The zero-order chi connectivity index (χ0) is 16.8. The first-order chi connectivity index (χ1) is 12.2. The Morgan fingerprint density at radius 1 is 1.12 bits per heavy atom. The van der Waals surface area contributed by atoms with Crippen LogP contribution in [-0.4, -0.2) is 32.0 Å². The smallest absolute Gasteiger partial charge is 0.257 e. The van der Waals surface area contributed by atoms with Crippen molar-refractivity contribution < 1.29 is 4.52 Å². The van der Waals surface area contributed by atoms with Crippen LogP contribution in [0, 0.1) is 6.92 Å². The summed E-state index contributed by atoms with van der Waals surface area (Å²) in [6.07, 6.45) is 8.65. The van der Waals surface area contributed by atoms with Crippen LogP contribution < -0.4 is 5.32 Å². The number of piperidine rings is 1. The molecule has 0 saturated carbocycles. The molecule has 0 amide bonds. The summed E-state index contributed by atoms with van der Waals surface area (Å²) in [5.41, 5.74) is 3.11. The van der Waals surface area contributed by atoms with Crippen LogP contribution >= 0.6 is 0 Å². The van der Waals surface area contributed by atoms with E-state index >= 15 is 0 Å². The second-order valence-electron chi connectivity index (χ2n) is 7.27. The predicted octanol–water partition coefficient (Wildman–Crippen LogP) is 3.23. The molecule has 2 aliphatic heterocycles. The summed E-state index contributed by atoms with van der Waals surface area (Å²) in [5, 5.41) is 12.3. The number of benzene rings is 1. The molecule has 6 nitrogen and oxygen atoms in total. The highest BCUT2D eigenvalue weighted by Gasteiger charge is 2.36. The van der Waals surface area contributed by atoms with Crippen molar-refractivity contribution in [2.75, 3.05) is 0 Å². The zero-order valence-electron chi connectivity index (χ0n) is 14.2. The maximum absolute atomic E-state index is 5.54. The van der Waals surface area contributed by atoms with E-state index < -0.39 is 0 Å². The van der Waals surface area contributed by atoms with Gasteiger partial charge in [0.1, 0.15) is 0 Å². The fourth-order valence-corrected chi connectivity index (χ4v) is 4.10. The summed E-state index contributed by atoms with van der Waals surface area (Å²) >= 11 is 0. The molecule has 0 spiro atoms. The van der Waals surface area contributed by atoms with E-state index in [9.17, 15) is 0 Å². The van der Waals surface area contributed by atoms with Gasteiger partial charge in [-0.2, -0.15) is 10.1 Å². The molecule has 25 heavy (non-hydrogen) atoms. The van der Waals surface area contributed by atoms with Gasteiger partial charge in [0.15, 0.2) is 5.82 Å². The third-order valence-electron chi connectivity index (χ3n) is 5.37. The molecule has 2 atom stereocenters. The van der Waals surface area contributed by atoms with E-state index in [1.165, 1.54) is 12.8 Å². The Morgan fingerprint density at radius 2 is 1.88 bits per heavy atom. The van der Waals surface area contributed by atoms with Crippen molar-refractivity contribution >= 4 is 0 Å². The Morgan fingerprint density at radius 3 is 2.56 bits per heavy atom. The first-order valence-corrected chi connectivity index (χ1v) is 8.96. The van der Waals surface area contributed by atoms with Crippen LogP contribution in [0.5, 0.6) is 0 Å². The van der Waals surface area contributed by atoms with Crippen LogP contribution in [0.25, 0.3) is 17.1 Å². The average molecular weight is 335 g/mol. The summed E-state index contributed by atoms with van der Waals surface area (Å²) in [7, 11) is 0. The fourth-order valence-electron chi connectivity index (χ4n) is 4.10. The molecule has 1 N–H and O–H groups in total. The molecule has 0 radical (unpaired) electrons. The number of nitrogens with zero attached hydrogens (tertiary/aromatic N) is 4. The van der Waals surface area contributed by atoms with Gasteiger partial charge in [-0.25, -0.2) is 4.68 Å². The Labute approximate surface area is 146 Å². The third kappa shape index (κ3) is 2.76. The number of rotatable bonds is 3. The molecule has 2 unspecified atom stereocenters. The maximum atomic E-state index is 5.54. The van der Waals surface area contributed by atoms with E-state index in [2.05, 4.69) is 20.6 Å². The maximum Gasteiger partial charge on any atom is 0.257 e. The third-order valence-corrected chi connectivity index (χ3v) is 5.37. The van der Waals surface area contributed by atoms with Crippen LogP contribution in [0.1, 0.15) is 43.0 Å². The molecule has 2 aromatic heterocycles. The standard InChI is InChI=1S/C19H21N5O/c1-12-10-20-24(11-12)17-6-2-13(3-7-17)19-22-18(23-25-19)14-8-15-4-5-16(9-14)21-15/h2-3,6-7,10-11,14-16,21H,4-5,8-9H2,1H3. The van der Waals surface area contributed by atoms with Crippen molar-refractivity contribution in [3.63, 3.8) is 0 Å². The van der Waals surface area contributed by atoms with Gasteiger partial charge in [-0.1, -0.05) is 5.16 Å². The molecule has 2 saturated heterocycles. The topological polar surface area (TPSA) is 68.8 Å². The minimum Gasteiger partial charge on any atom is -0.334 e. The summed E-state index contributed by atoms with van der Waals surface area (Å²) in [6, 6.07) is 9.32. The molecule has 6 heteroatoms. The van der Waals surface area contributed by atoms with Crippen molar-refractivity contribution in [2.24, 2.45) is 0 Å². The molecule has 5 rings (SSSR count). The lowest BCUT2D eigenvalue weighted by Gasteiger charge is -2.26. The lowest BCUT2D eigenvalue weighted by molar-refractivity contribution is 0.340. The molecule has 4 heterocycles. The zero-order valence-corrected chi connectivity index (χ0v) is 14.2. The monoisotopic (exact) mass is 335 g/mol. The van der Waals surface area contributed by atoms with E-state index in [1.54, 1.807) is 0 Å². The van der Waals surface area contributed by atoms with Gasteiger partial charge in [-0.15, -0.1) is 0 Å². The lowest BCUT2D eigenvalue weighted by atomic mass is 9.92. The van der Waals surface area contributed by atoms with Gasteiger partial charge in [-0.3, -0.25) is 0 Å².